The number of methoxy groups -OCH3 is 1. The summed E-state index contributed by atoms with van der Waals surface area (Å²) in [5, 5.41) is 10.5. The number of hydrogen-bond acceptors (Lipinski definition) is 4. The molecule has 132 valence electrons. The predicted octanol–water partition coefficient (Wildman–Crippen LogP) is 1.88. The van der Waals surface area contributed by atoms with Crippen molar-refractivity contribution in [3.8, 4) is 5.69 Å². The SMILES string of the molecule is COCCNCCNC(=O)c1ccc(-n2nc(C)cc2C)cc1.Cl. The Kier molecular flexibility index (Phi) is 8.46. The highest BCUT2D eigenvalue weighted by Crippen LogP contribution is 2.13. The number of nitrogens with one attached hydrogen (secondary N) is 2. The molecule has 0 aliphatic carbocycles. The molecule has 24 heavy (non-hydrogen) atoms. The third kappa shape index (κ3) is 5.63. The molecule has 6 nitrogen and oxygen atoms in total. The molecule has 0 spiro atoms. The van der Waals surface area contributed by atoms with Gasteiger partial charge >= 0.3 is 0 Å². The maximum absolute atomic E-state index is 12.1. The summed E-state index contributed by atoms with van der Waals surface area (Å²) >= 11 is 0. The smallest absolute Gasteiger partial charge is 0.251 e. The number of hydrogen-bond donors (Lipinski definition) is 2. The van der Waals surface area contributed by atoms with E-state index in [0.717, 1.165) is 30.2 Å². The van der Waals surface area contributed by atoms with Crippen molar-refractivity contribution < 1.29 is 9.53 Å². The molecule has 2 rings (SSSR count). The van der Waals surface area contributed by atoms with E-state index in [1.807, 2.05) is 48.9 Å². The Morgan fingerprint density at radius 2 is 1.88 bits per heavy atom. The third-order valence-corrected chi connectivity index (χ3v) is 3.45. The molecule has 0 aliphatic rings. The van der Waals surface area contributed by atoms with Crippen LogP contribution in [0.1, 0.15) is 21.7 Å². The highest BCUT2D eigenvalue weighted by molar-refractivity contribution is 5.94. The molecule has 0 fully saturated rings. The zero-order chi connectivity index (χ0) is 16.7. The van der Waals surface area contributed by atoms with Crippen molar-refractivity contribution in [3.63, 3.8) is 0 Å². The van der Waals surface area contributed by atoms with E-state index >= 15 is 0 Å². The van der Waals surface area contributed by atoms with E-state index in [1.54, 1.807) is 7.11 Å². The molecule has 1 aromatic heterocycles. The summed E-state index contributed by atoms with van der Waals surface area (Å²) < 4.78 is 6.81. The summed E-state index contributed by atoms with van der Waals surface area (Å²) in [6.07, 6.45) is 0. The number of halogens is 1. The van der Waals surface area contributed by atoms with Gasteiger partial charge in [-0.25, -0.2) is 4.68 Å². The maximum Gasteiger partial charge on any atom is 0.251 e. The van der Waals surface area contributed by atoms with E-state index in [9.17, 15) is 4.79 Å². The molecule has 1 aromatic carbocycles. The lowest BCUT2D eigenvalue weighted by Gasteiger charge is -2.08. The average molecular weight is 353 g/mol. The molecule has 7 heteroatoms. The molecule has 0 atom stereocenters. The Morgan fingerprint density at radius 3 is 2.46 bits per heavy atom. The number of aromatic nitrogens is 2. The molecule has 0 saturated carbocycles. The Labute approximate surface area is 149 Å². The lowest BCUT2D eigenvalue weighted by Crippen LogP contribution is -2.33. The number of carbonyl (C=O) groups is 1. The second-order valence-corrected chi connectivity index (χ2v) is 5.38. The van der Waals surface area contributed by atoms with Gasteiger partial charge in [0.15, 0.2) is 0 Å². The van der Waals surface area contributed by atoms with E-state index in [-0.39, 0.29) is 18.3 Å². The van der Waals surface area contributed by atoms with Crippen LogP contribution in [0.3, 0.4) is 0 Å². The fraction of sp³-hybridized carbons (Fsp3) is 0.412. The van der Waals surface area contributed by atoms with Gasteiger partial charge in [-0.05, 0) is 44.2 Å². The monoisotopic (exact) mass is 352 g/mol. The first-order valence-electron chi connectivity index (χ1n) is 7.73. The molecule has 0 unspecified atom stereocenters. The van der Waals surface area contributed by atoms with E-state index < -0.39 is 0 Å². The summed E-state index contributed by atoms with van der Waals surface area (Å²) in [5.41, 5.74) is 3.65. The number of aryl methyl sites for hydroxylation is 2. The fourth-order valence-electron chi connectivity index (χ4n) is 2.31. The van der Waals surface area contributed by atoms with Gasteiger partial charge in [0.2, 0.25) is 0 Å². The molecule has 0 aliphatic heterocycles. The molecule has 2 aromatic rings. The minimum atomic E-state index is -0.0709. The molecule has 0 radical (unpaired) electrons. The number of nitrogens with zero attached hydrogens (tertiary/aromatic N) is 2. The zero-order valence-electron chi connectivity index (χ0n) is 14.3. The molecule has 1 amide bonds. The van der Waals surface area contributed by atoms with E-state index in [1.165, 1.54) is 0 Å². The molecular formula is C17H25ClN4O2. The zero-order valence-corrected chi connectivity index (χ0v) is 15.2. The van der Waals surface area contributed by atoms with Crippen molar-refractivity contribution in [1.82, 2.24) is 20.4 Å². The number of amides is 1. The topological polar surface area (TPSA) is 68.2 Å². The highest BCUT2D eigenvalue weighted by atomic mass is 35.5. The van der Waals surface area contributed by atoms with Crippen LogP contribution in [0, 0.1) is 13.8 Å². The van der Waals surface area contributed by atoms with Crippen molar-refractivity contribution in [2.24, 2.45) is 0 Å². The standard InChI is InChI=1S/C17H24N4O2.ClH/c1-13-12-14(2)21(20-13)16-6-4-15(5-7-16)17(22)19-9-8-18-10-11-23-3;/h4-7,12,18H,8-11H2,1-3H3,(H,19,22);1H. The largest absolute Gasteiger partial charge is 0.383 e. The first-order chi connectivity index (χ1) is 11.1. The highest BCUT2D eigenvalue weighted by Gasteiger charge is 2.07. The van der Waals surface area contributed by atoms with Gasteiger partial charge in [0.25, 0.3) is 5.91 Å². The van der Waals surface area contributed by atoms with Crippen LogP contribution >= 0.6 is 12.4 Å². The quantitative estimate of drug-likeness (QED) is 0.712. The van der Waals surface area contributed by atoms with Crippen molar-refractivity contribution in [2.75, 3.05) is 33.4 Å². The van der Waals surface area contributed by atoms with Crippen molar-refractivity contribution in [2.45, 2.75) is 13.8 Å². The van der Waals surface area contributed by atoms with Gasteiger partial charge in [-0.1, -0.05) is 0 Å². The lowest BCUT2D eigenvalue weighted by atomic mass is 10.2. The van der Waals surface area contributed by atoms with E-state index in [0.29, 0.717) is 18.7 Å². The number of carbonyl (C=O) groups excluding carboxylic acids is 1. The first kappa shape index (κ1) is 20.2. The maximum atomic E-state index is 12.1. The Morgan fingerprint density at radius 1 is 1.17 bits per heavy atom. The lowest BCUT2D eigenvalue weighted by molar-refractivity contribution is 0.0953. The normalized spacial score (nSPS) is 10.3. The molecular weight excluding hydrogens is 328 g/mol. The van der Waals surface area contributed by atoms with Crippen LogP contribution in [0.4, 0.5) is 0 Å². The van der Waals surface area contributed by atoms with Crippen LogP contribution in [0.25, 0.3) is 5.69 Å². The van der Waals surface area contributed by atoms with Gasteiger partial charge in [-0.3, -0.25) is 4.79 Å². The molecule has 2 N–H and O–H groups in total. The van der Waals surface area contributed by atoms with Gasteiger partial charge in [-0.2, -0.15) is 5.10 Å². The number of benzene rings is 1. The first-order valence-corrected chi connectivity index (χ1v) is 7.73. The van der Waals surface area contributed by atoms with E-state index in [4.69, 9.17) is 4.74 Å². The second kappa shape index (κ2) is 10.1. The molecule has 0 saturated heterocycles. The minimum Gasteiger partial charge on any atom is -0.383 e. The number of rotatable bonds is 8. The third-order valence-electron chi connectivity index (χ3n) is 3.45. The second-order valence-electron chi connectivity index (χ2n) is 5.38. The van der Waals surface area contributed by atoms with Crippen molar-refractivity contribution >= 4 is 18.3 Å². The van der Waals surface area contributed by atoms with Crippen LogP contribution < -0.4 is 10.6 Å². The van der Waals surface area contributed by atoms with Crippen LogP contribution in [0.15, 0.2) is 30.3 Å². The van der Waals surface area contributed by atoms with Crippen molar-refractivity contribution in [1.29, 1.82) is 0 Å². The van der Waals surface area contributed by atoms with Gasteiger partial charge in [0.05, 0.1) is 18.0 Å². The fourth-order valence-corrected chi connectivity index (χ4v) is 2.31. The number of ether oxygens (including phenoxy) is 1. The van der Waals surface area contributed by atoms with Crippen LogP contribution in [0.5, 0.6) is 0 Å². The van der Waals surface area contributed by atoms with Crippen LogP contribution in [-0.4, -0.2) is 49.0 Å². The Hall–Kier alpha value is -1.89. The minimum absolute atomic E-state index is 0. The molecule has 0 bridgehead atoms. The molecule has 1 heterocycles. The van der Waals surface area contributed by atoms with Crippen molar-refractivity contribution in [3.05, 3.63) is 47.3 Å². The summed E-state index contributed by atoms with van der Waals surface area (Å²) in [6, 6.07) is 9.48. The summed E-state index contributed by atoms with van der Waals surface area (Å²) in [5.74, 6) is -0.0709. The van der Waals surface area contributed by atoms with Crippen LogP contribution in [-0.2, 0) is 4.74 Å². The Bertz CT molecular complexity index is 641. The average Bonchev–Trinajstić information content (AvgIpc) is 2.89. The summed E-state index contributed by atoms with van der Waals surface area (Å²) in [7, 11) is 1.67. The van der Waals surface area contributed by atoms with E-state index in [2.05, 4.69) is 15.7 Å². The van der Waals surface area contributed by atoms with Crippen LogP contribution in [0.2, 0.25) is 0 Å². The Balaban J connectivity index is 0.00000288. The van der Waals surface area contributed by atoms with Gasteiger partial charge in [-0.15, -0.1) is 12.4 Å². The van der Waals surface area contributed by atoms with Gasteiger partial charge in [0, 0.05) is 38.0 Å². The predicted molar refractivity (Wildman–Crippen MR) is 97.4 cm³/mol. The van der Waals surface area contributed by atoms with Gasteiger partial charge in [0.1, 0.15) is 0 Å². The summed E-state index contributed by atoms with van der Waals surface area (Å²) in [4.78, 5) is 12.1. The summed E-state index contributed by atoms with van der Waals surface area (Å²) in [6.45, 7) is 6.73. The van der Waals surface area contributed by atoms with Gasteiger partial charge < -0.3 is 15.4 Å².